The molecule has 0 aliphatic rings. The molecule has 2 nitrogen and oxygen atoms in total. The van der Waals surface area contributed by atoms with Gasteiger partial charge in [-0.05, 0) is 56.5 Å². The van der Waals surface area contributed by atoms with E-state index in [2.05, 4.69) is 11.3 Å². The first-order chi connectivity index (χ1) is 11.4. The van der Waals surface area contributed by atoms with E-state index < -0.39 is 13.4 Å². The third kappa shape index (κ3) is 4.31. The van der Waals surface area contributed by atoms with Gasteiger partial charge in [0.15, 0.2) is 0 Å². The molecule has 0 atom stereocenters. The van der Waals surface area contributed by atoms with Crippen LogP contribution in [-0.2, 0) is 0 Å². The lowest BCUT2D eigenvalue weighted by Gasteiger charge is -2.13. The van der Waals surface area contributed by atoms with Crippen molar-refractivity contribution in [1.29, 1.82) is 0 Å². The Hall–Kier alpha value is -0.800. The summed E-state index contributed by atoms with van der Waals surface area (Å²) >= 11 is 18.8. The highest BCUT2D eigenvalue weighted by molar-refractivity contribution is 7.78. The smallest absolute Gasteiger partial charge is 0.260 e. The summed E-state index contributed by atoms with van der Waals surface area (Å²) in [7, 11) is 0. The summed E-state index contributed by atoms with van der Waals surface area (Å²) in [5, 5.41) is 0.401. The maximum Gasteiger partial charge on any atom is 0.321 e. The van der Waals surface area contributed by atoms with Gasteiger partial charge >= 0.3 is 6.55 Å². The van der Waals surface area contributed by atoms with Gasteiger partial charge in [-0.25, -0.2) is 4.98 Å². The first kappa shape index (κ1) is 20.5. The number of aryl methyl sites for hydroxylation is 2. The van der Waals surface area contributed by atoms with E-state index in [-0.39, 0.29) is 11.0 Å². The fourth-order valence-electron chi connectivity index (χ4n) is 2.27. The van der Waals surface area contributed by atoms with E-state index in [1.165, 1.54) is 6.92 Å². The first-order valence-corrected chi connectivity index (χ1v) is 11.3. The second-order valence-corrected chi connectivity index (χ2v) is 11.6. The standard InChI is InChI=1S/C17H18Cl3F2N2P/c1-9-6-13(18)11(8-14(19)25(3,4)5)7-12(9)15-16(20)24(17(21)22)10(2)23-15/h6-8,17H,3H2,1-2,4-5H3/b14-8+. The van der Waals surface area contributed by atoms with Crippen LogP contribution in [0.25, 0.3) is 17.3 Å². The van der Waals surface area contributed by atoms with E-state index in [0.29, 0.717) is 31.2 Å². The van der Waals surface area contributed by atoms with E-state index >= 15 is 0 Å². The molecule has 2 aromatic rings. The SMILES string of the molecule is C=P(C)(C)/C(Cl)=C/c1cc(-c2nc(C)n(C(F)F)c2Cl)c(C)cc1Cl. The van der Waals surface area contributed by atoms with Crippen LogP contribution >= 0.6 is 41.7 Å². The Morgan fingerprint density at radius 1 is 1.28 bits per heavy atom. The number of nitrogens with zero attached hydrogens (tertiary/aromatic N) is 2. The number of alkyl halides is 2. The van der Waals surface area contributed by atoms with Crippen molar-refractivity contribution in [3.05, 3.63) is 44.0 Å². The van der Waals surface area contributed by atoms with Gasteiger partial charge in [-0.3, -0.25) is 4.57 Å². The lowest BCUT2D eigenvalue weighted by molar-refractivity contribution is 0.0683. The van der Waals surface area contributed by atoms with Crippen LogP contribution in [0.4, 0.5) is 8.78 Å². The second kappa shape index (κ2) is 7.44. The second-order valence-electron chi connectivity index (χ2n) is 6.29. The van der Waals surface area contributed by atoms with Crippen LogP contribution in [0.3, 0.4) is 0 Å². The van der Waals surface area contributed by atoms with Crippen LogP contribution in [0.1, 0.15) is 23.5 Å². The molecule has 0 aliphatic carbocycles. The van der Waals surface area contributed by atoms with E-state index in [1.807, 2.05) is 20.3 Å². The Balaban J connectivity index is 2.67. The van der Waals surface area contributed by atoms with Crippen molar-refractivity contribution in [2.24, 2.45) is 0 Å². The third-order valence-electron chi connectivity index (χ3n) is 3.68. The van der Waals surface area contributed by atoms with E-state index in [0.717, 1.165) is 5.56 Å². The lowest BCUT2D eigenvalue weighted by Crippen LogP contribution is -2.00. The molecule has 0 spiro atoms. The average molecular weight is 426 g/mol. The van der Waals surface area contributed by atoms with E-state index in [1.54, 1.807) is 18.2 Å². The summed E-state index contributed by atoms with van der Waals surface area (Å²) in [4.78, 5) is 4.21. The summed E-state index contributed by atoms with van der Waals surface area (Å²) in [5.41, 5.74) is 2.38. The largest absolute Gasteiger partial charge is 0.321 e. The molecule has 0 radical (unpaired) electrons. The highest BCUT2D eigenvalue weighted by Crippen LogP contribution is 2.49. The van der Waals surface area contributed by atoms with Gasteiger partial charge in [0.05, 0.1) is 0 Å². The fraction of sp³-hybridized carbons (Fsp3) is 0.294. The quantitative estimate of drug-likeness (QED) is 0.477. The number of benzene rings is 1. The monoisotopic (exact) mass is 424 g/mol. The number of imidazole rings is 1. The van der Waals surface area contributed by atoms with Crippen LogP contribution in [-0.4, -0.2) is 29.2 Å². The van der Waals surface area contributed by atoms with E-state index in [9.17, 15) is 8.78 Å². The van der Waals surface area contributed by atoms with Gasteiger partial charge in [-0.15, -0.1) is 0 Å². The molecule has 136 valence electrons. The molecule has 1 aromatic heterocycles. The Kier molecular flexibility index (Phi) is 6.10. The molecule has 1 aromatic carbocycles. The molecule has 0 fully saturated rings. The molecule has 0 bridgehead atoms. The van der Waals surface area contributed by atoms with Crippen molar-refractivity contribution < 1.29 is 8.78 Å². The third-order valence-corrected chi connectivity index (χ3v) is 7.13. The summed E-state index contributed by atoms with van der Waals surface area (Å²) in [6, 6.07) is 3.51. The number of hydrogen-bond acceptors (Lipinski definition) is 1. The molecule has 0 N–H and O–H groups in total. The van der Waals surface area contributed by atoms with Crippen LogP contribution in [0.15, 0.2) is 16.9 Å². The van der Waals surface area contributed by atoms with Crippen LogP contribution in [0.5, 0.6) is 0 Å². The van der Waals surface area contributed by atoms with Gasteiger partial charge in [0.2, 0.25) is 0 Å². The Bertz CT molecular complexity index is 898. The van der Waals surface area contributed by atoms with Gasteiger partial charge < -0.3 is 0 Å². The number of aromatic nitrogens is 2. The zero-order chi connectivity index (χ0) is 19.1. The maximum atomic E-state index is 13.2. The first-order valence-electron chi connectivity index (χ1n) is 7.32. The molecule has 0 saturated heterocycles. The molecule has 0 aliphatic heterocycles. The Morgan fingerprint density at radius 2 is 1.88 bits per heavy atom. The van der Waals surface area contributed by atoms with Gasteiger partial charge in [0, 0.05) is 15.4 Å². The summed E-state index contributed by atoms with van der Waals surface area (Å²) < 4.78 is 27.6. The molecule has 0 saturated carbocycles. The van der Waals surface area contributed by atoms with Gasteiger partial charge in [0.1, 0.15) is 16.7 Å². The van der Waals surface area contributed by atoms with Crippen LogP contribution in [0.2, 0.25) is 10.2 Å². The predicted octanol–water partition coefficient (Wildman–Crippen LogP) is 7.12. The molecular formula is C17H18Cl3F2N2P. The summed E-state index contributed by atoms with van der Waals surface area (Å²) in [6.07, 6.45) is 5.85. The zero-order valence-corrected chi connectivity index (χ0v) is 17.4. The van der Waals surface area contributed by atoms with Crippen molar-refractivity contribution in [2.75, 3.05) is 13.3 Å². The van der Waals surface area contributed by atoms with Crippen LogP contribution in [0, 0.1) is 13.8 Å². The van der Waals surface area contributed by atoms with Crippen molar-refractivity contribution >= 4 is 54.1 Å². The summed E-state index contributed by atoms with van der Waals surface area (Å²) in [6.45, 7) is 2.88. The summed E-state index contributed by atoms with van der Waals surface area (Å²) in [5.74, 6) is 0.143. The highest BCUT2D eigenvalue weighted by Gasteiger charge is 2.22. The van der Waals surface area contributed by atoms with Gasteiger partial charge in [-0.1, -0.05) is 48.0 Å². The van der Waals surface area contributed by atoms with Gasteiger partial charge in [0.25, 0.3) is 0 Å². The minimum atomic E-state index is -2.76. The zero-order valence-electron chi connectivity index (χ0n) is 14.2. The highest BCUT2D eigenvalue weighted by atomic mass is 35.5. The van der Waals surface area contributed by atoms with Crippen LogP contribution < -0.4 is 0 Å². The molecule has 1 heterocycles. The maximum absolute atomic E-state index is 13.2. The van der Waals surface area contributed by atoms with Crippen molar-refractivity contribution in [1.82, 2.24) is 9.55 Å². The number of halogens is 5. The molecule has 2 rings (SSSR count). The topological polar surface area (TPSA) is 17.8 Å². The normalized spacial score (nSPS) is 13.0. The lowest BCUT2D eigenvalue weighted by atomic mass is 10.0. The Labute approximate surface area is 161 Å². The number of rotatable bonds is 4. The van der Waals surface area contributed by atoms with Crippen molar-refractivity contribution in [3.63, 3.8) is 0 Å². The average Bonchev–Trinajstić information content (AvgIpc) is 2.75. The molecule has 0 amide bonds. The fourth-order valence-corrected chi connectivity index (χ4v) is 3.49. The number of hydrogen-bond donors (Lipinski definition) is 0. The minimum Gasteiger partial charge on any atom is -0.260 e. The van der Waals surface area contributed by atoms with E-state index in [4.69, 9.17) is 34.8 Å². The predicted molar refractivity (Wildman–Crippen MR) is 108 cm³/mol. The molecular weight excluding hydrogens is 408 g/mol. The molecule has 25 heavy (non-hydrogen) atoms. The molecule has 0 unspecified atom stereocenters. The van der Waals surface area contributed by atoms with Crippen molar-refractivity contribution in [2.45, 2.75) is 20.4 Å². The Morgan fingerprint density at radius 3 is 2.36 bits per heavy atom. The van der Waals surface area contributed by atoms with Gasteiger partial charge in [-0.2, -0.15) is 8.78 Å². The minimum absolute atomic E-state index is 0.107. The molecule has 8 heteroatoms. The van der Waals surface area contributed by atoms with Crippen molar-refractivity contribution in [3.8, 4) is 11.3 Å².